The van der Waals surface area contributed by atoms with Gasteiger partial charge in [-0.2, -0.15) is 0 Å². The average Bonchev–Trinajstić information content (AvgIpc) is 3.26. The van der Waals surface area contributed by atoms with Crippen LogP contribution < -0.4 is 4.74 Å². The van der Waals surface area contributed by atoms with E-state index in [-0.39, 0.29) is 11.6 Å². The van der Waals surface area contributed by atoms with Crippen LogP contribution in [0, 0.1) is 11.8 Å². The van der Waals surface area contributed by atoms with Crippen LogP contribution in [-0.2, 0) is 14.3 Å². The lowest BCUT2D eigenvalue weighted by Crippen LogP contribution is -2.28. The minimum absolute atomic E-state index is 0.174. The monoisotopic (exact) mass is 332 g/mol. The number of carbonyl (C=O) groups excluding carboxylic acids is 1. The van der Waals surface area contributed by atoms with Gasteiger partial charge in [0.05, 0.1) is 18.3 Å². The summed E-state index contributed by atoms with van der Waals surface area (Å²) in [6.45, 7) is 6.66. The van der Waals surface area contributed by atoms with Gasteiger partial charge in [-0.1, -0.05) is 25.1 Å². The Morgan fingerprint density at radius 2 is 2.08 bits per heavy atom. The first-order valence-electron chi connectivity index (χ1n) is 9.04. The summed E-state index contributed by atoms with van der Waals surface area (Å²) in [6.07, 6.45) is 4.31. The lowest BCUT2D eigenvalue weighted by Gasteiger charge is -2.27. The van der Waals surface area contributed by atoms with Gasteiger partial charge in [0.25, 0.3) is 0 Å². The third kappa shape index (κ3) is 4.10. The number of fused-ring (bicyclic) bond motifs is 1. The summed E-state index contributed by atoms with van der Waals surface area (Å²) in [7, 11) is 0. The number of epoxide rings is 1. The van der Waals surface area contributed by atoms with Crippen molar-refractivity contribution in [2.45, 2.75) is 64.3 Å². The van der Waals surface area contributed by atoms with E-state index in [1.807, 2.05) is 30.3 Å². The first-order valence-corrected chi connectivity index (χ1v) is 9.04. The van der Waals surface area contributed by atoms with Crippen LogP contribution in [0.15, 0.2) is 30.3 Å². The third-order valence-electron chi connectivity index (χ3n) is 5.57. The number of ether oxygens (including phenoxy) is 3. The molecule has 0 spiro atoms. The number of para-hydroxylation sites is 1. The van der Waals surface area contributed by atoms with Gasteiger partial charge in [-0.25, -0.2) is 4.79 Å². The van der Waals surface area contributed by atoms with Crippen molar-refractivity contribution in [2.75, 3.05) is 6.61 Å². The molecule has 2 fully saturated rings. The molecule has 1 heterocycles. The summed E-state index contributed by atoms with van der Waals surface area (Å²) >= 11 is 0. The molecule has 0 N–H and O–H groups in total. The number of hydrogen-bond acceptors (Lipinski definition) is 4. The minimum atomic E-state index is -0.585. The van der Waals surface area contributed by atoms with Gasteiger partial charge in [0.2, 0.25) is 0 Å². The molecule has 132 valence electrons. The van der Waals surface area contributed by atoms with Crippen LogP contribution in [0.4, 0.5) is 0 Å². The van der Waals surface area contributed by atoms with Gasteiger partial charge >= 0.3 is 5.97 Å². The fourth-order valence-corrected chi connectivity index (χ4v) is 3.64. The summed E-state index contributed by atoms with van der Waals surface area (Å²) in [6, 6.07) is 9.35. The Balaban J connectivity index is 1.35. The van der Waals surface area contributed by atoms with Gasteiger partial charge in [-0.3, -0.25) is 0 Å². The Morgan fingerprint density at radius 1 is 1.33 bits per heavy atom. The molecule has 4 heteroatoms. The number of carbonyl (C=O) groups is 1. The van der Waals surface area contributed by atoms with Gasteiger partial charge in [-0.05, 0) is 63.5 Å². The second kappa shape index (κ2) is 7.14. The van der Waals surface area contributed by atoms with E-state index in [0.29, 0.717) is 30.3 Å². The van der Waals surface area contributed by atoms with E-state index in [4.69, 9.17) is 14.2 Å². The van der Waals surface area contributed by atoms with E-state index in [9.17, 15) is 4.79 Å². The predicted octanol–water partition coefficient (Wildman–Crippen LogP) is 3.98. The van der Waals surface area contributed by atoms with Crippen LogP contribution in [0.2, 0.25) is 0 Å². The molecule has 3 rings (SSSR count). The molecule has 1 aromatic rings. The quantitative estimate of drug-likeness (QED) is 0.560. The molecule has 1 aromatic carbocycles. The van der Waals surface area contributed by atoms with E-state index >= 15 is 0 Å². The lowest BCUT2D eigenvalue weighted by molar-refractivity contribution is -0.151. The minimum Gasteiger partial charge on any atom is -0.479 e. The van der Waals surface area contributed by atoms with Gasteiger partial charge in [0.1, 0.15) is 5.75 Å². The van der Waals surface area contributed by atoms with Crippen LogP contribution in [0.5, 0.6) is 5.75 Å². The summed E-state index contributed by atoms with van der Waals surface area (Å²) in [5, 5.41) is 0. The first kappa shape index (κ1) is 17.3. The largest absolute Gasteiger partial charge is 0.479 e. The molecular weight excluding hydrogens is 304 g/mol. The molecule has 24 heavy (non-hydrogen) atoms. The van der Waals surface area contributed by atoms with Gasteiger partial charge in [0, 0.05) is 0 Å². The zero-order valence-electron chi connectivity index (χ0n) is 14.9. The standard InChI is InChI=1S/C20H28O4/c1-14(16-9-11-20(3)18(13-16)24-20)10-12-22-19(21)15(2)23-17-7-5-4-6-8-17/h4-8,14-16,18H,9-13H2,1-3H3. The van der Waals surface area contributed by atoms with Crippen molar-refractivity contribution >= 4 is 5.97 Å². The number of esters is 1. The second-order valence-electron chi connectivity index (χ2n) is 7.46. The van der Waals surface area contributed by atoms with E-state index in [1.54, 1.807) is 6.92 Å². The maximum Gasteiger partial charge on any atom is 0.347 e. The van der Waals surface area contributed by atoms with Crippen LogP contribution >= 0.6 is 0 Å². The maximum atomic E-state index is 12.0. The van der Waals surface area contributed by atoms with Crippen LogP contribution in [0.25, 0.3) is 0 Å². The zero-order chi connectivity index (χ0) is 17.2. The van der Waals surface area contributed by atoms with E-state index in [2.05, 4.69) is 13.8 Å². The molecule has 4 nitrogen and oxygen atoms in total. The van der Waals surface area contributed by atoms with E-state index in [0.717, 1.165) is 19.3 Å². The lowest BCUT2D eigenvalue weighted by atomic mass is 9.76. The Bertz CT molecular complexity index is 558. The molecule has 1 aliphatic heterocycles. The first-order chi connectivity index (χ1) is 11.5. The fraction of sp³-hybridized carbons (Fsp3) is 0.650. The molecule has 0 aromatic heterocycles. The second-order valence-corrected chi connectivity index (χ2v) is 7.46. The van der Waals surface area contributed by atoms with Gasteiger partial charge in [0.15, 0.2) is 6.10 Å². The highest BCUT2D eigenvalue weighted by molar-refractivity contribution is 5.74. The highest BCUT2D eigenvalue weighted by Gasteiger charge is 2.55. The summed E-state index contributed by atoms with van der Waals surface area (Å²) in [5.41, 5.74) is 0.174. The molecule has 1 saturated heterocycles. The fourth-order valence-electron chi connectivity index (χ4n) is 3.64. The summed E-state index contributed by atoms with van der Waals surface area (Å²) in [4.78, 5) is 12.0. The third-order valence-corrected chi connectivity index (χ3v) is 5.57. The summed E-state index contributed by atoms with van der Waals surface area (Å²) < 4.78 is 16.8. The Hall–Kier alpha value is -1.55. The van der Waals surface area contributed by atoms with E-state index in [1.165, 1.54) is 6.42 Å². The van der Waals surface area contributed by atoms with Crippen LogP contribution in [0.1, 0.15) is 46.5 Å². The van der Waals surface area contributed by atoms with Crippen molar-refractivity contribution in [3.63, 3.8) is 0 Å². The van der Waals surface area contributed by atoms with Crippen molar-refractivity contribution in [3.8, 4) is 5.75 Å². The normalized spacial score (nSPS) is 30.8. The molecule has 5 unspecified atom stereocenters. The number of rotatable bonds is 7. The molecule has 5 atom stereocenters. The van der Waals surface area contributed by atoms with Gasteiger partial charge < -0.3 is 14.2 Å². The van der Waals surface area contributed by atoms with Crippen molar-refractivity contribution in [2.24, 2.45) is 11.8 Å². The Labute approximate surface area is 144 Å². The van der Waals surface area contributed by atoms with Crippen molar-refractivity contribution in [1.82, 2.24) is 0 Å². The SMILES string of the molecule is CC(Oc1ccccc1)C(=O)OCCC(C)C1CCC2(C)OC2C1. The highest BCUT2D eigenvalue weighted by Crippen LogP contribution is 2.51. The number of benzene rings is 1. The molecule has 0 bridgehead atoms. The van der Waals surface area contributed by atoms with E-state index < -0.39 is 6.10 Å². The topological polar surface area (TPSA) is 48.1 Å². The molecule has 0 radical (unpaired) electrons. The Morgan fingerprint density at radius 3 is 2.79 bits per heavy atom. The average molecular weight is 332 g/mol. The van der Waals surface area contributed by atoms with Crippen LogP contribution in [0.3, 0.4) is 0 Å². The highest BCUT2D eigenvalue weighted by atomic mass is 16.6. The zero-order valence-corrected chi connectivity index (χ0v) is 14.9. The molecular formula is C20H28O4. The van der Waals surface area contributed by atoms with Crippen molar-refractivity contribution in [1.29, 1.82) is 0 Å². The molecule has 1 aliphatic carbocycles. The van der Waals surface area contributed by atoms with Crippen molar-refractivity contribution < 1.29 is 19.0 Å². The molecule has 2 aliphatic rings. The maximum absolute atomic E-state index is 12.0. The predicted molar refractivity (Wildman–Crippen MR) is 91.9 cm³/mol. The van der Waals surface area contributed by atoms with Crippen LogP contribution in [-0.4, -0.2) is 30.4 Å². The smallest absolute Gasteiger partial charge is 0.347 e. The molecule has 0 amide bonds. The van der Waals surface area contributed by atoms with Gasteiger partial charge in [-0.15, -0.1) is 0 Å². The summed E-state index contributed by atoms with van der Waals surface area (Å²) in [5.74, 6) is 1.62. The van der Waals surface area contributed by atoms with Crippen molar-refractivity contribution in [3.05, 3.63) is 30.3 Å². The number of hydrogen-bond donors (Lipinski definition) is 0. The molecule has 1 saturated carbocycles. The Kier molecular flexibility index (Phi) is 5.14.